The predicted octanol–water partition coefficient (Wildman–Crippen LogP) is 3.25. The number of likely N-dealkylation sites (tertiary alicyclic amines) is 1. The summed E-state index contributed by atoms with van der Waals surface area (Å²) in [5, 5.41) is 5.77. The third kappa shape index (κ3) is 3.89. The minimum absolute atomic E-state index is 0.0610. The van der Waals surface area contributed by atoms with E-state index in [1.54, 1.807) is 13.4 Å². The summed E-state index contributed by atoms with van der Waals surface area (Å²) < 4.78 is 10.8. The topological polar surface area (TPSA) is 66.7 Å². The van der Waals surface area contributed by atoms with E-state index in [-0.39, 0.29) is 12.1 Å². The summed E-state index contributed by atoms with van der Waals surface area (Å²) in [5.41, 5.74) is 0.647. The number of benzene rings is 1. The maximum absolute atomic E-state index is 12.2. The van der Waals surface area contributed by atoms with Gasteiger partial charge in [0.15, 0.2) is 0 Å². The number of ether oxygens (including phenoxy) is 1. The van der Waals surface area contributed by atoms with E-state index in [1.807, 2.05) is 36.4 Å². The van der Waals surface area contributed by atoms with E-state index in [9.17, 15) is 4.79 Å². The fourth-order valence-corrected chi connectivity index (χ4v) is 3.05. The summed E-state index contributed by atoms with van der Waals surface area (Å²) in [7, 11) is 1.58. The molecule has 1 aromatic heterocycles. The highest BCUT2D eigenvalue weighted by molar-refractivity contribution is 5.90. The van der Waals surface area contributed by atoms with Crippen LogP contribution < -0.4 is 15.4 Å². The zero-order chi connectivity index (χ0) is 16.8. The van der Waals surface area contributed by atoms with Gasteiger partial charge in [-0.15, -0.1) is 0 Å². The normalized spacial score (nSPS) is 15.9. The van der Waals surface area contributed by atoms with Crippen molar-refractivity contribution in [2.45, 2.75) is 18.9 Å². The molecular formula is C18H23N3O3. The first-order chi connectivity index (χ1) is 11.8. The molecule has 0 aliphatic carbocycles. The van der Waals surface area contributed by atoms with Crippen molar-refractivity contribution in [3.8, 4) is 5.75 Å². The third-order valence-corrected chi connectivity index (χ3v) is 4.26. The highest BCUT2D eigenvalue weighted by Gasteiger charge is 2.25. The van der Waals surface area contributed by atoms with E-state index in [0.717, 1.165) is 18.8 Å². The minimum atomic E-state index is -0.254. The van der Waals surface area contributed by atoms with Gasteiger partial charge in [-0.3, -0.25) is 4.90 Å². The zero-order valence-electron chi connectivity index (χ0n) is 13.8. The van der Waals surface area contributed by atoms with Crippen molar-refractivity contribution in [1.29, 1.82) is 0 Å². The van der Waals surface area contributed by atoms with Crippen molar-refractivity contribution in [1.82, 2.24) is 10.2 Å². The summed E-state index contributed by atoms with van der Waals surface area (Å²) >= 11 is 0. The van der Waals surface area contributed by atoms with E-state index >= 15 is 0 Å². The highest BCUT2D eigenvalue weighted by Crippen LogP contribution is 2.25. The Kier molecular flexibility index (Phi) is 5.38. The van der Waals surface area contributed by atoms with Crippen molar-refractivity contribution >= 4 is 11.7 Å². The van der Waals surface area contributed by atoms with Crippen LogP contribution in [0.5, 0.6) is 5.75 Å². The molecule has 2 aromatic rings. The van der Waals surface area contributed by atoms with Gasteiger partial charge in [-0.2, -0.15) is 0 Å². The van der Waals surface area contributed by atoms with E-state index in [2.05, 4.69) is 15.5 Å². The predicted molar refractivity (Wildman–Crippen MR) is 92.3 cm³/mol. The Labute approximate surface area is 141 Å². The van der Waals surface area contributed by atoms with Crippen LogP contribution in [-0.2, 0) is 0 Å². The molecule has 2 heterocycles. The number of urea groups is 1. The van der Waals surface area contributed by atoms with E-state index in [4.69, 9.17) is 9.15 Å². The molecule has 1 saturated heterocycles. The van der Waals surface area contributed by atoms with Crippen LogP contribution in [0, 0.1) is 0 Å². The first kappa shape index (κ1) is 16.4. The lowest BCUT2D eigenvalue weighted by Crippen LogP contribution is -2.38. The number of carbonyl (C=O) groups is 1. The molecule has 1 atom stereocenters. The molecule has 0 bridgehead atoms. The number of nitrogens with one attached hydrogen (secondary N) is 2. The highest BCUT2D eigenvalue weighted by atomic mass is 16.5. The van der Waals surface area contributed by atoms with Crippen molar-refractivity contribution in [3.05, 3.63) is 48.4 Å². The minimum Gasteiger partial charge on any atom is -0.495 e. The number of hydrogen-bond donors (Lipinski definition) is 2. The van der Waals surface area contributed by atoms with Gasteiger partial charge in [0.05, 0.1) is 25.1 Å². The Bertz CT molecular complexity index is 651. The van der Waals surface area contributed by atoms with Crippen LogP contribution >= 0.6 is 0 Å². The lowest BCUT2D eigenvalue weighted by molar-refractivity contribution is 0.206. The lowest BCUT2D eigenvalue weighted by atomic mass is 10.2. The summed E-state index contributed by atoms with van der Waals surface area (Å²) in [6.07, 6.45) is 4.04. The summed E-state index contributed by atoms with van der Waals surface area (Å²) in [5.74, 6) is 1.52. The molecule has 6 heteroatoms. The molecule has 0 saturated carbocycles. The molecule has 1 fully saturated rings. The number of nitrogens with zero attached hydrogens (tertiary/aromatic N) is 1. The Balaban J connectivity index is 1.61. The first-order valence-corrected chi connectivity index (χ1v) is 8.23. The zero-order valence-corrected chi connectivity index (χ0v) is 13.8. The van der Waals surface area contributed by atoms with Gasteiger partial charge >= 0.3 is 6.03 Å². The first-order valence-electron chi connectivity index (χ1n) is 8.23. The fourth-order valence-electron chi connectivity index (χ4n) is 3.05. The number of para-hydroxylation sites is 2. The van der Waals surface area contributed by atoms with Crippen LogP contribution in [0.2, 0.25) is 0 Å². The van der Waals surface area contributed by atoms with E-state index in [0.29, 0.717) is 18.0 Å². The molecule has 2 amide bonds. The molecule has 0 radical (unpaired) electrons. The number of rotatable bonds is 6. The van der Waals surface area contributed by atoms with Gasteiger partial charge in [-0.05, 0) is 50.2 Å². The van der Waals surface area contributed by atoms with Crippen molar-refractivity contribution < 1.29 is 13.9 Å². The van der Waals surface area contributed by atoms with E-state index in [1.165, 1.54) is 12.8 Å². The van der Waals surface area contributed by atoms with Crippen LogP contribution in [0.25, 0.3) is 0 Å². The van der Waals surface area contributed by atoms with Gasteiger partial charge in [0.1, 0.15) is 11.5 Å². The summed E-state index contributed by atoms with van der Waals surface area (Å²) in [6.45, 7) is 2.55. The number of amides is 2. The lowest BCUT2D eigenvalue weighted by Gasteiger charge is -2.26. The number of carbonyl (C=O) groups excluding carboxylic acids is 1. The SMILES string of the molecule is COc1ccccc1NC(=O)NCC(c1ccco1)N1CCCC1. The van der Waals surface area contributed by atoms with Gasteiger partial charge in [-0.25, -0.2) is 4.79 Å². The standard InChI is InChI=1S/C18H23N3O3/c1-23-16-8-3-2-7-14(16)20-18(22)19-13-15(17-9-6-12-24-17)21-10-4-5-11-21/h2-3,6-9,12,15H,4-5,10-11,13H2,1H3,(H2,19,20,22). The van der Waals surface area contributed by atoms with Crippen molar-refractivity contribution in [2.75, 3.05) is 32.1 Å². The maximum atomic E-state index is 12.2. The second-order valence-corrected chi connectivity index (χ2v) is 5.81. The van der Waals surface area contributed by atoms with Crippen LogP contribution in [-0.4, -0.2) is 37.7 Å². The second kappa shape index (κ2) is 7.88. The Morgan fingerprint density at radius 1 is 1.25 bits per heavy atom. The number of hydrogen-bond acceptors (Lipinski definition) is 4. The van der Waals surface area contributed by atoms with Crippen LogP contribution in [0.1, 0.15) is 24.6 Å². The average molecular weight is 329 g/mol. The van der Waals surface area contributed by atoms with Gasteiger partial charge in [0.2, 0.25) is 0 Å². The molecule has 128 valence electrons. The Hall–Kier alpha value is -2.47. The van der Waals surface area contributed by atoms with Gasteiger partial charge in [-0.1, -0.05) is 12.1 Å². The molecule has 1 unspecified atom stereocenters. The quantitative estimate of drug-likeness (QED) is 0.854. The third-order valence-electron chi connectivity index (χ3n) is 4.26. The van der Waals surface area contributed by atoms with Crippen molar-refractivity contribution in [2.24, 2.45) is 0 Å². The molecule has 24 heavy (non-hydrogen) atoms. The average Bonchev–Trinajstić information content (AvgIpc) is 3.30. The van der Waals surface area contributed by atoms with Crippen LogP contribution in [0.3, 0.4) is 0 Å². The molecule has 0 spiro atoms. The van der Waals surface area contributed by atoms with E-state index < -0.39 is 0 Å². The van der Waals surface area contributed by atoms with Gasteiger partial charge < -0.3 is 19.8 Å². The Morgan fingerprint density at radius 2 is 2.04 bits per heavy atom. The summed E-state index contributed by atoms with van der Waals surface area (Å²) in [6, 6.07) is 11.0. The molecule has 2 N–H and O–H groups in total. The van der Waals surface area contributed by atoms with Crippen LogP contribution in [0.15, 0.2) is 47.1 Å². The number of furan rings is 1. The second-order valence-electron chi connectivity index (χ2n) is 5.81. The molecule has 3 rings (SSSR count). The molecule has 1 aliphatic heterocycles. The summed E-state index contributed by atoms with van der Waals surface area (Å²) in [4.78, 5) is 14.6. The van der Waals surface area contributed by atoms with Gasteiger partial charge in [0.25, 0.3) is 0 Å². The molecule has 1 aliphatic rings. The van der Waals surface area contributed by atoms with Crippen molar-refractivity contribution in [3.63, 3.8) is 0 Å². The fraction of sp³-hybridized carbons (Fsp3) is 0.389. The Morgan fingerprint density at radius 3 is 2.75 bits per heavy atom. The largest absolute Gasteiger partial charge is 0.495 e. The van der Waals surface area contributed by atoms with Gasteiger partial charge in [0, 0.05) is 6.54 Å². The number of anilines is 1. The molecule has 6 nitrogen and oxygen atoms in total. The monoisotopic (exact) mass is 329 g/mol. The smallest absolute Gasteiger partial charge is 0.319 e. The molecular weight excluding hydrogens is 306 g/mol. The maximum Gasteiger partial charge on any atom is 0.319 e. The van der Waals surface area contributed by atoms with Crippen LogP contribution in [0.4, 0.5) is 10.5 Å². The molecule has 1 aromatic carbocycles. The number of methoxy groups -OCH3 is 1.